The second kappa shape index (κ2) is 6.75. The van der Waals surface area contributed by atoms with Crippen LogP contribution in [0.3, 0.4) is 0 Å². The molecule has 2 aromatic carbocycles. The largest absolute Gasteiger partial charge is 0.425 e. The molecule has 2 heterocycles. The fourth-order valence-corrected chi connectivity index (χ4v) is 5.54. The van der Waals surface area contributed by atoms with Crippen LogP contribution in [0, 0.1) is 10.8 Å². The van der Waals surface area contributed by atoms with Gasteiger partial charge in [0.1, 0.15) is 5.75 Å². The average Bonchev–Trinajstić information content (AvgIpc) is 3.37. The fraction of sp³-hybridized carbons (Fsp3) is 0.348. The quantitative estimate of drug-likeness (QED) is 0.298. The molecule has 2 aliphatic heterocycles. The Balaban J connectivity index is 1.68. The topological polar surface area (TPSA) is 72.9 Å². The van der Waals surface area contributed by atoms with Crippen LogP contribution in [-0.2, 0) is 14.3 Å². The highest BCUT2D eigenvalue weighted by atomic mass is 79.9. The molecule has 3 atom stereocenters. The smallest absolute Gasteiger partial charge is 0.328 e. The minimum atomic E-state index is -1.56. The molecular formula is C23H20BrNO5. The Morgan fingerprint density at radius 3 is 2.50 bits per heavy atom. The number of carbonyl (C=O) groups excluding carboxylic acids is 3. The van der Waals surface area contributed by atoms with Crippen molar-refractivity contribution in [2.45, 2.75) is 12.8 Å². The summed E-state index contributed by atoms with van der Waals surface area (Å²) in [4.78, 5) is 42.5. The lowest BCUT2D eigenvalue weighted by atomic mass is 9.86. The predicted molar refractivity (Wildman–Crippen MR) is 111 cm³/mol. The van der Waals surface area contributed by atoms with E-state index in [1.54, 1.807) is 48.2 Å². The summed E-state index contributed by atoms with van der Waals surface area (Å²) >= 11 is 3.47. The highest BCUT2D eigenvalue weighted by Crippen LogP contribution is 2.78. The van der Waals surface area contributed by atoms with Gasteiger partial charge in [-0.3, -0.25) is 14.4 Å². The molecule has 0 spiro atoms. The van der Waals surface area contributed by atoms with Crippen molar-refractivity contribution in [2.24, 2.45) is 10.8 Å². The van der Waals surface area contributed by atoms with Gasteiger partial charge in [-0.05, 0) is 25.1 Å². The number of hydrogen-bond donors (Lipinski definition) is 0. The van der Waals surface area contributed by atoms with Crippen molar-refractivity contribution >= 4 is 33.6 Å². The SMILES string of the molecule is C[C@@]1(C(=O)c2ccccc2)[C@H]2c3cc(Br)ccc3OC(=O)[C@@]21C(=O)N1CCOCC1. The highest BCUT2D eigenvalue weighted by Gasteiger charge is 2.88. The zero-order chi connectivity index (χ0) is 21.1. The van der Waals surface area contributed by atoms with Crippen molar-refractivity contribution in [3.63, 3.8) is 0 Å². The minimum Gasteiger partial charge on any atom is -0.425 e. The number of benzene rings is 2. The average molecular weight is 470 g/mol. The van der Waals surface area contributed by atoms with Crippen molar-refractivity contribution in [1.29, 1.82) is 0 Å². The van der Waals surface area contributed by atoms with E-state index in [9.17, 15) is 14.4 Å². The van der Waals surface area contributed by atoms with Crippen LogP contribution in [0.1, 0.15) is 28.8 Å². The first-order valence-corrected chi connectivity index (χ1v) is 10.7. The highest BCUT2D eigenvalue weighted by molar-refractivity contribution is 9.10. The lowest BCUT2D eigenvalue weighted by Crippen LogP contribution is -2.50. The van der Waals surface area contributed by atoms with Gasteiger partial charge in [0.2, 0.25) is 5.91 Å². The van der Waals surface area contributed by atoms with Crippen LogP contribution in [0.4, 0.5) is 0 Å². The molecule has 0 N–H and O–H groups in total. The van der Waals surface area contributed by atoms with Crippen LogP contribution in [0.5, 0.6) is 5.75 Å². The molecule has 1 amide bonds. The molecule has 2 aromatic rings. The molecular weight excluding hydrogens is 450 g/mol. The number of Topliss-reactive ketones (excluding diaryl/α,β-unsaturated/α-hetero) is 1. The van der Waals surface area contributed by atoms with E-state index in [0.29, 0.717) is 43.2 Å². The number of hydrogen-bond acceptors (Lipinski definition) is 5. The van der Waals surface area contributed by atoms with E-state index >= 15 is 0 Å². The van der Waals surface area contributed by atoms with Gasteiger partial charge in [0, 0.05) is 34.6 Å². The summed E-state index contributed by atoms with van der Waals surface area (Å²) in [5.74, 6) is -1.40. The van der Waals surface area contributed by atoms with Gasteiger partial charge < -0.3 is 14.4 Å². The Kier molecular flexibility index (Phi) is 4.38. The third-order valence-corrected chi connectivity index (χ3v) is 7.19. The minimum absolute atomic E-state index is 0.223. The van der Waals surface area contributed by atoms with Gasteiger partial charge in [-0.15, -0.1) is 0 Å². The molecule has 5 rings (SSSR count). The van der Waals surface area contributed by atoms with Gasteiger partial charge in [0.25, 0.3) is 0 Å². The third-order valence-electron chi connectivity index (χ3n) is 6.70. The van der Waals surface area contributed by atoms with Crippen molar-refractivity contribution in [1.82, 2.24) is 4.90 Å². The predicted octanol–water partition coefficient (Wildman–Crippen LogP) is 3.20. The lowest BCUT2D eigenvalue weighted by molar-refractivity contribution is -0.156. The number of esters is 1. The lowest BCUT2D eigenvalue weighted by Gasteiger charge is -2.32. The maximum absolute atomic E-state index is 13.8. The van der Waals surface area contributed by atoms with Crippen LogP contribution in [0.2, 0.25) is 0 Å². The van der Waals surface area contributed by atoms with Gasteiger partial charge >= 0.3 is 5.97 Å². The van der Waals surface area contributed by atoms with Gasteiger partial charge in [-0.25, -0.2) is 0 Å². The van der Waals surface area contributed by atoms with Crippen LogP contribution in [0.25, 0.3) is 0 Å². The third kappa shape index (κ3) is 2.42. The van der Waals surface area contributed by atoms with Crippen molar-refractivity contribution in [3.05, 3.63) is 64.1 Å². The van der Waals surface area contributed by atoms with Crippen LogP contribution >= 0.6 is 15.9 Å². The molecule has 1 saturated heterocycles. The van der Waals surface area contributed by atoms with Crippen molar-refractivity contribution in [3.8, 4) is 5.75 Å². The van der Waals surface area contributed by atoms with E-state index < -0.39 is 22.7 Å². The van der Waals surface area contributed by atoms with E-state index in [4.69, 9.17) is 9.47 Å². The number of amides is 1. The molecule has 2 fully saturated rings. The summed E-state index contributed by atoms with van der Waals surface area (Å²) in [5, 5.41) is 0. The standard InChI is InChI=1S/C23H20BrNO5/c1-22(19(26)14-5-3-2-4-6-14)18-16-13-15(24)7-8-17(16)30-21(28)23(18,22)20(27)25-9-11-29-12-10-25/h2-8,13,18H,9-12H2,1H3/t18-,22+,23+/m1/s1. The molecule has 0 bridgehead atoms. The number of carbonyl (C=O) groups is 3. The van der Waals surface area contributed by atoms with Crippen LogP contribution in [-0.4, -0.2) is 48.9 Å². The normalized spacial score (nSPS) is 29.5. The van der Waals surface area contributed by atoms with E-state index in [1.807, 2.05) is 12.1 Å². The number of fused-ring (bicyclic) bond motifs is 3. The summed E-state index contributed by atoms with van der Waals surface area (Å²) in [5.41, 5.74) is -1.61. The van der Waals surface area contributed by atoms with E-state index in [1.165, 1.54) is 0 Å². The molecule has 3 aliphatic rings. The Morgan fingerprint density at radius 1 is 1.10 bits per heavy atom. The summed E-state index contributed by atoms with van der Waals surface area (Å²) in [6.45, 7) is 3.33. The molecule has 0 unspecified atom stereocenters. The zero-order valence-electron chi connectivity index (χ0n) is 16.4. The molecule has 1 aliphatic carbocycles. The second-order valence-electron chi connectivity index (χ2n) is 8.11. The first-order valence-electron chi connectivity index (χ1n) is 9.91. The Labute approximate surface area is 182 Å². The number of rotatable bonds is 3. The van der Waals surface area contributed by atoms with Gasteiger partial charge in [-0.2, -0.15) is 0 Å². The number of halogens is 1. The number of ketones is 1. The zero-order valence-corrected chi connectivity index (χ0v) is 18.0. The van der Waals surface area contributed by atoms with Crippen LogP contribution < -0.4 is 4.74 Å². The summed E-state index contributed by atoms with van der Waals surface area (Å²) in [7, 11) is 0. The van der Waals surface area contributed by atoms with Gasteiger partial charge in [0.05, 0.1) is 18.6 Å². The van der Waals surface area contributed by atoms with Crippen molar-refractivity contribution < 1.29 is 23.9 Å². The molecule has 1 saturated carbocycles. The Hall–Kier alpha value is -2.51. The summed E-state index contributed by atoms with van der Waals surface area (Å²) in [6, 6.07) is 14.2. The van der Waals surface area contributed by atoms with E-state index in [0.717, 1.165) is 4.47 Å². The summed E-state index contributed by atoms with van der Waals surface area (Å²) < 4.78 is 11.8. The van der Waals surface area contributed by atoms with E-state index in [-0.39, 0.29) is 11.7 Å². The summed E-state index contributed by atoms with van der Waals surface area (Å²) in [6.07, 6.45) is 0. The number of ether oxygens (including phenoxy) is 2. The molecule has 30 heavy (non-hydrogen) atoms. The number of nitrogens with zero attached hydrogens (tertiary/aromatic N) is 1. The fourth-order valence-electron chi connectivity index (χ4n) is 5.16. The second-order valence-corrected chi connectivity index (χ2v) is 9.03. The Bertz CT molecular complexity index is 1060. The van der Waals surface area contributed by atoms with Crippen LogP contribution in [0.15, 0.2) is 53.0 Å². The Morgan fingerprint density at radius 2 is 1.80 bits per heavy atom. The van der Waals surface area contributed by atoms with Gasteiger partial charge in [0.15, 0.2) is 11.2 Å². The monoisotopic (exact) mass is 469 g/mol. The molecule has 0 radical (unpaired) electrons. The van der Waals surface area contributed by atoms with E-state index in [2.05, 4.69) is 15.9 Å². The molecule has 154 valence electrons. The first-order chi connectivity index (χ1) is 14.4. The molecule has 0 aromatic heterocycles. The van der Waals surface area contributed by atoms with Crippen molar-refractivity contribution in [2.75, 3.05) is 26.3 Å². The van der Waals surface area contributed by atoms with Gasteiger partial charge in [-0.1, -0.05) is 46.3 Å². The molecule has 6 nitrogen and oxygen atoms in total. The maximum Gasteiger partial charge on any atom is 0.328 e. The first kappa shape index (κ1) is 19.5. The molecule has 7 heteroatoms. The maximum atomic E-state index is 13.8. The number of morpholine rings is 1.